The molecule has 3 aromatic rings. The minimum absolute atomic E-state index is 0.153. The summed E-state index contributed by atoms with van der Waals surface area (Å²) in [5.41, 5.74) is 2.12. The lowest BCUT2D eigenvalue weighted by molar-refractivity contribution is 0.625. The molecule has 0 radical (unpaired) electrons. The van der Waals surface area contributed by atoms with Gasteiger partial charge in [0.15, 0.2) is 10.9 Å². The summed E-state index contributed by atoms with van der Waals surface area (Å²) in [6.45, 7) is 4.15. The third-order valence-electron chi connectivity index (χ3n) is 3.55. The molecule has 0 bridgehead atoms. The summed E-state index contributed by atoms with van der Waals surface area (Å²) in [7, 11) is 0. The Morgan fingerprint density at radius 3 is 2.48 bits per heavy atom. The monoisotopic (exact) mass is 413 g/mol. The van der Waals surface area contributed by atoms with E-state index in [1.165, 1.54) is 11.8 Å². The van der Waals surface area contributed by atoms with Gasteiger partial charge in [-0.1, -0.05) is 76.2 Å². The molecular formula is C19H16BrN3OS. The number of aromatic nitrogens is 3. The van der Waals surface area contributed by atoms with Gasteiger partial charge < -0.3 is 0 Å². The molecule has 0 saturated carbocycles. The third kappa shape index (κ3) is 4.27. The van der Waals surface area contributed by atoms with Crippen LogP contribution in [0.15, 0.2) is 81.7 Å². The summed E-state index contributed by atoms with van der Waals surface area (Å²) in [5, 5.41) is 9.05. The van der Waals surface area contributed by atoms with Gasteiger partial charge in [0, 0.05) is 22.3 Å². The smallest absolute Gasteiger partial charge is 0.280 e. The highest BCUT2D eigenvalue weighted by molar-refractivity contribution is 9.10. The highest BCUT2D eigenvalue weighted by atomic mass is 79.9. The van der Waals surface area contributed by atoms with Crippen molar-refractivity contribution in [2.75, 3.05) is 0 Å². The van der Waals surface area contributed by atoms with Gasteiger partial charge in [0.05, 0.1) is 0 Å². The zero-order valence-corrected chi connectivity index (χ0v) is 15.8. The minimum atomic E-state index is -0.153. The van der Waals surface area contributed by atoms with E-state index < -0.39 is 0 Å². The number of rotatable bonds is 6. The van der Waals surface area contributed by atoms with Gasteiger partial charge in [-0.3, -0.25) is 9.36 Å². The third-order valence-corrected chi connectivity index (χ3v) is 5.12. The van der Waals surface area contributed by atoms with Crippen molar-refractivity contribution >= 4 is 27.7 Å². The van der Waals surface area contributed by atoms with Gasteiger partial charge in [0.25, 0.3) is 5.56 Å². The van der Waals surface area contributed by atoms with E-state index in [2.05, 4.69) is 32.7 Å². The summed E-state index contributed by atoms with van der Waals surface area (Å²) >= 11 is 4.92. The van der Waals surface area contributed by atoms with Crippen molar-refractivity contribution in [3.8, 4) is 11.3 Å². The van der Waals surface area contributed by atoms with Crippen molar-refractivity contribution in [3.63, 3.8) is 0 Å². The first-order valence-electron chi connectivity index (χ1n) is 7.70. The van der Waals surface area contributed by atoms with Gasteiger partial charge in [-0.05, 0) is 17.7 Å². The van der Waals surface area contributed by atoms with E-state index in [0.29, 0.717) is 23.1 Å². The number of hydrogen-bond donors (Lipinski definition) is 0. The Labute approximate surface area is 158 Å². The lowest BCUT2D eigenvalue weighted by Crippen LogP contribution is -2.25. The topological polar surface area (TPSA) is 47.8 Å². The van der Waals surface area contributed by atoms with E-state index in [9.17, 15) is 4.79 Å². The van der Waals surface area contributed by atoms with E-state index >= 15 is 0 Å². The second-order valence-corrected chi connectivity index (χ2v) is 7.17. The zero-order chi connectivity index (χ0) is 17.6. The molecule has 126 valence electrons. The first kappa shape index (κ1) is 17.6. The van der Waals surface area contributed by atoms with Crippen LogP contribution in [0.3, 0.4) is 0 Å². The van der Waals surface area contributed by atoms with Crippen LogP contribution in [0.4, 0.5) is 0 Å². The fraction of sp³-hybridized carbons (Fsp3) is 0.105. The molecule has 0 unspecified atom stereocenters. The molecule has 1 heterocycles. The molecule has 0 saturated heterocycles. The molecule has 3 rings (SSSR count). The van der Waals surface area contributed by atoms with Gasteiger partial charge in [0.2, 0.25) is 0 Å². The normalized spacial score (nSPS) is 10.6. The molecule has 0 N–H and O–H groups in total. The first-order chi connectivity index (χ1) is 12.2. The van der Waals surface area contributed by atoms with Crippen molar-refractivity contribution in [2.45, 2.75) is 17.5 Å². The summed E-state index contributed by atoms with van der Waals surface area (Å²) in [6, 6.07) is 17.5. The zero-order valence-electron chi connectivity index (χ0n) is 13.4. The molecule has 25 heavy (non-hydrogen) atoms. The van der Waals surface area contributed by atoms with Crippen LogP contribution in [0.1, 0.15) is 5.56 Å². The lowest BCUT2D eigenvalue weighted by Gasteiger charge is -2.10. The summed E-state index contributed by atoms with van der Waals surface area (Å²) < 4.78 is 2.66. The number of thioether (sulfide) groups is 1. The maximum absolute atomic E-state index is 12.8. The molecule has 0 aliphatic rings. The highest BCUT2D eigenvalue weighted by Gasteiger charge is 2.13. The summed E-state index contributed by atoms with van der Waals surface area (Å²) in [4.78, 5) is 12.8. The number of allylic oxidation sites excluding steroid dienone is 1. The fourth-order valence-electron chi connectivity index (χ4n) is 2.31. The van der Waals surface area contributed by atoms with Gasteiger partial charge >= 0.3 is 0 Å². The predicted molar refractivity (Wildman–Crippen MR) is 106 cm³/mol. The number of nitrogens with zero attached hydrogens (tertiary/aromatic N) is 3. The Bertz CT molecular complexity index is 924. The molecular weight excluding hydrogens is 398 g/mol. The van der Waals surface area contributed by atoms with Crippen molar-refractivity contribution < 1.29 is 0 Å². The van der Waals surface area contributed by atoms with E-state index in [-0.39, 0.29) is 5.56 Å². The Balaban J connectivity index is 1.91. The molecule has 1 aromatic heterocycles. The van der Waals surface area contributed by atoms with Crippen LogP contribution in [0, 0.1) is 0 Å². The minimum Gasteiger partial charge on any atom is -0.280 e. The number of hydrogen-bond acceptors (Lipinski definition) is 4. The molecule has 6 heteroatoms. The van der Waals surface area contributed by atoms with Crippen LogP contribution >= 0.6 is 27.7 Å². The van der Waals surface area contributed by atoms with Crippen molar-refractivity contribution in [2.24, 2.45) is 0 Å². The van der Waals surface area contributed by atoms with Crippen molar-refractivity contribution in [3.05, 3.63) is 87.6 Å². The van der Waals surface area contributed by atoms with Crippen LogP contribution in [-0.4, -0.2) is 14.8 Å². The second-order valence-electron chi connectivity index (χ2n) is 5.32. The van der Waals surface area contributed by atoms with Gasteiger partial charge in [-0.25, -0.2) is 0 Å². The molecule has 0 fully saturated rings. The number of benzene rings is 2. The van der Waals surface area contributed by atoms with E-state index in [1.54, 1.807) is 10.6 Å². The van der Waals surface area contributed by atoms with E-state index in [0.717, 1.165) is 15.6 Å². The molecule has 2 aromatic carbocycles. The average Bonchev–Trinajstić information content (AvgIpc) is 2.64. The van der Waals surface area contributed by atoms with Crippen LogP contribution in [0.2, 0.25) is 0 Å². The van der Waals surface area contributed by atoms with Crippen molar-refractivity contribution in [1.82, 2.24) is 14.8 Å². The average molecular weight is 414 g/mol. The fourth-order valence-corrected chi connectivity index (χ4v) is 3.47. The molecule has 0 atom stereocenters. The van der Waals surface area contributed by atoms with Gasteiger partial charge in [-0.2, -0.15) is 0 Å². The quantitative estimate of drug-likeness (QED) is 0.439. The number of halogens is 1. The van der Waals surface area contributed by atoms with Crippen LogP contribution < -0.4 is 5.56 Å². The Kier molecular flexibility index (Phi) is 5.83. The first-order valence-corrected chi connectivity index (χ1v) is 9.48. The van der Waals surface area contributed by atoms with Crippen LogP contribution in [0.5, 0.6) is 0 Å². The van der Waals surface area contributed by atoms with Gasteiger partial charge in [0.1, 0.15) is 0 Å². The van der Waals surface area contributed by atoms with E-state index in [4.69, 9.17) is 0 Å². The Morgan fingerprint density at radius 2 is 1.80 bits per heavy atom. The molecule has 0 aliphatic heterocycles. The van der Waals surface area contributed by atoms with Crippen LogP contribution in [0.25, 0.3) is 11.3 Å². The van der Waals surface area contributed by atoms with Crippen LogP contribution in [-0.2, 0) is 12.3 Å². The summed E-state index contributed by atoms with van der Waals surface area (Å²) in [6.07, 6.45) is 1.70. The van der Waals surface area contributed by atoms with Gasteiger partial charge in [-0.15, -0.1) is 16.8 Å². The summed E-state index contributed by atoms with van der Waals surface area (Å²) in [5.74, 6) is 0.712. The van der Waals surface area contributed by atoms with E-state index in [1.807, 2.05) is 54.6 Å². The second kappa shape index (κ2) is 8.27. The molecule has 4 nitrogen and oxygen atoms in total. The molecule has 0 aliphatic carbocycles. The standard InChI is InChI=1S/C19H16BrN3OS/c1-2-12-23-18(24)17(15-6-4-3-5-7-15)21-22-19(23)25-13-14-8-10-16(20)11-9-14/h2-11H,1,12-13H2. The Morgan fingerprint density at radius 1 is 1.08 bits per heavy atom. The highest BCUT2D eigenvalue weighted by Crippen LogP contribution is 2.22. The Hall–Kier alpha value is -2.18. The lowest BCUT2D eigenvalue weighted by atomic mass is 10.2. The molecule has 0 amide bonds. The largest absolute Gasteiger partial charge is 0.281 e. The van der Waals surface area contributed by atoms with Crippen molar-refractivity contribution in [1.29, 1.82) is 0 Å². The maximum atomic E-state index is 12.8. The maximum Gasteiger partial charge on any atom is 0.281 e. The SMILES string of the molecule is C=CCn1c(SCc2ccc(Br)cc2)nnc(-c2ccccc2)c1=O. The molecule has 0 spiro atoms. The predicted octanol–water partition coefficient (Wildman–Crippen LogP) is 4.55.